The number of nitrogens with two attached hydrogens (primary N) is 4. The van der Waals surface area contributed by atoms with Gasteiger partial charge in [-0.05, 0) is 38.8 Å². The van der Waals surface area contributed by atoms with Crippen LogP contribution in [0.5, 0.6) is 0 Å². The minimum Gasteiger partial charge on any atom is -0.480 e. The molecule has 0 aliphatic carbocycles. The Hall–Kier alpha value is -2.40. The third-order valence-corrected chi connectivity index (χ3v) is 3.67. The predicted molar refractivity (Wildman–Crippen MR) is 113 cm³/mol. The van der Waals surface area contributed by atoms with E-state index in [0.717, 1.165) is 32.2 Å². The summed E-state index contributed by atoms with van der Waals surface area (Å²) in [4.78, 5) is 39.6. The minimum absolute atomic E-state index is 0.269. The van der Waals surface area contributed by atoms with E-state index in [1.54, 1.807) is 0 Å². The third kappa shape index (κ3) is 22.3. The van der Waals surface area contributed by atoms with Crippen molar-refractivity contribution < 1.29 is 49.8 Å². The van der Waals surface area contributed by atoms with Crippen LogP contribution in [0.15, 0.2) is 0 Å². The number of hydrogen-bond acceptors (Lipinski definition) is 11. The van der Waals surface area contributed by atoms with E-state index in [1.807, 2.05) is 0 Å². The number of aliphatic hydroxyl groups excluding tert-OH is 2. The predicted octanol–water partition coefficient (Wildman–Crippen LogP) is -3.87. The summed E-state index contributed by atoms with van der Waals surface area (Å²) in [6.07, 6.45) is 3.95. The van der Waals surface area contributed by atoms with E-state index < -0.39 is 55.2 Å². The lowest BCUT2D eigenvalue weighted by molar-refractivity contribution is -0.140. The first-order valence-electron chi connectivity index (χ1n) is 9.68. The van der Waals surface area contributed by atoms with E-state index in [0.29, 0.717) is 13.0 Å². The van der Waals surface area contributed by atoms with Gasteiger partial charge in [-0.25, -0.2) is 0 Å². The molecule has 15 nitrogen and oxygen atoms in total. The largest absolute Gasteiger partial charge is 0.480 e. The summed E-state index contributed by atoms with van der Waals surface area (Å²) >= 11 is 0. The van der Waals surface area contributed by atoms with Crippen molar-refractivity contribution in [1.82, 2.24) is 5.32 Å². The number of carboxylic acid groups (broad SMARTS) is 4. The molecule has 190 valence electrons. The average molecular weight is 472 g/mol. The first kappa shape index (κ1) is 34.2. The van der Waals surface area contributed by atoms with Gasteiger partial charge in [0.1, 0.15) is 24.2 Å². The Kier molecular flexibility index (Phi) is 23.3. The van der Waals surface area contributed by atoms with Crippen molar-refractivity contribution in [2.45, 2.75) is 56.3 Å². The topological polar surface area (TPSA) is 306 Å². The van der Waals surface area contributed by atoms with Gasteiger partial charge >= 0.3 is 23.9 Å². The van der Waals surface area contributed by atoms with Gasteiger partial charge in [0.25, 0.3) is 0 Å². The second-order valence-electron chi connectivity index (χ2n) is 6.47. The molecule has 0 radical (unpaired) electrons. The molecule has 0 aromatic heterocycles. The van der Waals surface area contributed by atoms with Gasteiger partial charge in [0, 0.05) is 0 Å². The molecule has 1 aliphatic rings. The molecular formula is C17H37N5O10. The van der Waals surface area contributed by atoms with Gasteiger partial charge < -0.3 is 58.9 Å². The lowest BCUT2D eigenvalue weighted by atomic mass is 10.1. The quantitative estimate of drug-likeness (QED) is 0.136. The number of carbonyl (C=O) groups is 4. The lowest BCUT2D eigenvalue weighted by Crippen LogP contribution is -2.33. The second kappa shape index (κ2) is 21.8. The average Bonchev–Trinajstić information content (AvgIpc) is 3.29. The van der Waals surface area contributed by atoms with Gasteiger partial charge in [-0.15, -0.1) is 0 Å². The van der Waals surface area contributed by atoms with Crippen LogP contribution in [-0.4, -0.2) is 105 Å². The van der Waals surface area contributed by atoms with Crippen LogP contribution in [0.25, 0.3) is 0 Å². The number of rotatable bonds is 10. The molecule has 1 saturated heterocycles. The summed E-state index contributed by atoms with van der Waals surface area (Å²) in [5.41, 5.74) is 20.0. The van der Waals surface area contributed by atoms with Crippen LogP contribution in [0.2, 0.25) is 0 Å². The zero-order chi connectivity index (χ0) is 25.7. The molecule has 0 amide bonds. The maximum absolute atomic E-state index is 10.1. The number of unbranched alkanes of at least 4 members (excludes halogenated alkanes) is 1. The summed E-state index contributed by atoms with van der Waals surface area (Å²) < 4.78 is 0. The van der Waals surface area contributed by atoms with Crippen molar-refractivity contribution in [3.8, 4) is 0 Å². The van der Waals surface area contributed by atoms with E-state index in [1.165, 1.54) is 0 Å². The molecular weight excluding hydrogens is 434 g/mol. The van der Waals surface area contributed by atoms with Crippen molar-refractivity contribution in [2.24, 2.45) is 22.9 Å². The Morgan fingerprint density at radius 1 is 0.812 bits per heavy atom. The van der Waals surface area contributed by atoms with Crippen LogP contribution in [0, 0.1) is 0 Å². The summed E-state index contributed by atoms with van der Waals surface area (Å²) in [6, 6.07) is -3.23. The molecule has 1 heterocycles. The maximum atomic E-state index is 10.1. The Morgan fingerprint density at radius 3 is 1.44 bits per heavy atom. The van der Waals surface area contributed by atoms with E-state index in [2.05, 4.69) is 5.32 Å². The number of nitrogens with one attached hydrogen (secondary N) is 1. The number of carboxylic acids is 4. The molecule has 3 unspecified atom stereocenters. The molecule has 15 N–H and O–H groups in total. The second-order valence-corrected chi connectivity index (χ2v) is 6.47. The fourth-order valence-electron chi connectivity index (χ4n) is 1.68. The Balaban J connectivity index is -0.000000355. The van der Waals surface area contributed by atoms with Gasteiger partial charge in [-0.3, -0.25) is 19.2 Å². The molecule has 0 saturated carbocycles. The monoisotopic (exact) mass is 471 g/mol. The van der Waals surface area contributed by atoms with E-state index >= 15 is 0 Å². The first-order chi connectivity index (χ1) is 14.8. The highest BCUT2D eigenvalue weighted by molar-refractivity contribution is 5.74. The molecule has 1 aliphatic heterocycles. The highest BCUT2D eigenvalue weighted by Crippen LogP contribution is 2.03. The Labute approximate surface area is 185 Å². The molecule has 32 heavy (non-hydrogen) atoms. The summed E-state index contributed by atoms with van der Waals surface area (Å²) in [7, 11) is 0. The zero-order valence-corrected chi connectivity index (χ0v) is 17.8. The Morgan fingerprint density at radius 2 is 1.25 bits per heavy atom. The normalized spacial score (nSPS) is 17.0. The number of aliphatic hydroxyl groups is 2. The van der Waals surface area contributed by atoms with Crippen molar-refractivity contribution in [3.63, 3.8) is 0 Å². The molecule has 1 fully saturated rings. The van der Waals surface area contributed by atoms with Crippen molar-refractivity contribution in [2.75, 3.05) is 26.3 Å². The molecule has 1 rings (SSSR count). The number of aliphatic carboxylic acids is 4. The lowest BCUT2D eigenvalue weighted by Gasteiger charge is -2.03. The molecule has 0 aromatic carbocycles. The van der Waals surface area contributed by atoms with Crippen LogP contribution < -0.4 is 28.3 Å². The minimum atomic E-state index is -1.18. The Bertz CT molecular complexity index is 512. The molecule has 0 spiro atoms. The fourth-order valence-corrected chi connectivity index (χ4v) is 1.68. The zero-order valence-electron chi connectivity index (χ0n) is 17.8. The fraction of sp³-hybridized carbons (Fsp3) is 0.765. The van der Waals surface area contributed by atoms with E-state index in [-0.39, 0.29) is 6.04 Å². The van der Waals surface area contributed by atoms with E-state index in [4.69, 9.17) is 53.6 Å². The maximum Gasteiger partial charge on any atom is 0.322 e. The summed E-state index contributed by atoms with van der Waals surface area (Å²) in [5.74, 6) is -4.01. The summed E-state index contributed by atoms with van der Waals surface area (Å²) in [6.45, 7) is 0.452. The highest BCUT2D eigenvalue weighted by Gasteiger charge is 2.20. The van der Waals surface area contributed by atoms with E-state index in [9.17, 15) is 19.2 Å². The van der Waals surface area contributed by atoms with Crippen molar-refractivity contribution in [1.29, 1.82) is 0 Å². The SMILES string of the molecule is NC(CO)C(=O)O.NC(CO)C(=O)O.NCCCCC(N)C(=O)O.O=C(O)[C@@H]1CCCN1. The molecule has 15 heteroatoms. The van der Waals surface area contributed by atoms with Gasteiger partial charge in [-0.1, -0.05) is 6.42 Å². The smallest absolute Gasteiger partial charge is 0.322 e. The molecule has 4 atom stereocenters. The highest BCUT2D eigenvalue weighted by atomic mass is 16.4. The van der Waals surface area contributed by atoms with Gasteiger partial charge in [-0.2, -0.15) is 0 Å². The van der Waals surface area contributed by atoms with Crippen LogP contribution in [0.3, 0.4) is 0 Å². The van der Waals surface area contributed by atoms with Gasteiger partial charge in [0.15, 0.2) is 0 Å². The van der Waals surface area contributed by atoms with Crippen LogP contribution in [-0.2, 0) is 19.2 Å². The summed E-state index contributed by atoms with van der Waals surface area (Å²) in [5, 5.41) is 51.3. The van der Waals surface area contributed by atoms with Gasteiger partial charge in [0.2, 0.25) is 0 Å². The van der Waals surface area contributed by atoms with Crippen LogP contribution in [0.4, 0.5) is 0 Å². The van der Waals surface area contributed by atoms with Crippen LogP contribution >= 0.6 is 0 Å². The third-order valence-electron chi connectivity index (χ3n) is 3.67. The van der Waals surface area contributed by atoms with Crippen molar-refractivity contribution in [3.05, 3.63) is 0 Å². The van der Waals surface area contributed by atoms with Crippen molar-refractivity contribution >= 4 is 23.9 Å². The van der Waals surface area contributed by atoms with Gasteiger partial charge in [0.05, 0.1) is 13.2 Å². The first-order valence-corrected chi connectivity index (χ1v) is 9.68. The molecule has 0 bridgehead atoms. The molecule has 0 aromatic rings. The standard InChI is InChI=1S/C6H14N2O2.C5H9NO2.2C3H7NO3/c7-4-2-1-3-5(8)6(9)10;7-5(8)4-2-1-3-6-4;2*4-2(1-5)3(6)7/h5H,1-4,7-8H2,(H,9,10);4,6H,1-3H2,(H,7,8);2*2,5H,1,4H2,(H,6,7)/t;4-;;/m.0../s1. The number of hydrogen-bond donors (Lipinski definition) is 11. The van der Waals surface area contributed by atoms with Crippen LogP contribution in [0.1, 0.15) is 32.1 Å².